The van der Waals surface area contributed by atoms with Gasteiger partial charge in [0.1, 0.15) is 0 Å². The van der Waals surface area contributed by atoms with Crippen LogP contribution in [-0.2, 0) is 14.3 Å². The molecule has 7 nitrogen and oxygen atoms in total. The van der Waals surface area contributed by atoms with Gasteiger partial charge in [0.2, 0.25) is 0 Å². The third-order valence-electron chi connectivity index (χ3n) is 5.67. The Labute approximate surface area is 216 Å². The average Bonchev–Trinajstić information content (AvgIpc) is 2.80. The SMILES string of the molecule is C=C(CCCCNCCNCCNCCNCCCCC(=O)OCCCC(C)C)OCCC(C)C. The van der Waals surface area contributed by atoms with Crippen molar-refractivity contribution in [2.45, 2.75) is 85.5 Å². The van der Waals surface area contributed by atoms with E-state index >= 15 is 0 Å². The lowest BCUT2D eigenvalue weighted by atomic mass is 10.1. The molecule has 0 atom stereocenters. The summed E-state index contributed by atoms with van der Waals surface area (Å²) in [6, 6.07) is 0. The minimum atomic E-state index is -0.0533. The molecule has 0 aliphatic heterocycles. The van der Waals surface area contributed by atoms with E-state index in [9.17, 15) is 4.79 Å². The first-order valence-electron chi connectivity index (χ1n) is 14.2. The Bertz CT molecular complexity index is 487. The number of carbonyl (C=O) groups is 1. The molecule has 0 spiro atoms. The van der Waals surface area contributed by atoms with Gasteiger partial charge >= 0.3 is 5.97 Å². The van der Waals surface area contributed by atoms with Crippen molar-refractivity contribution in [3.8, 4) is 0 Å². The number of unbranched alkanes of at least 4 members (excludes halogenated alkanes) is 2. The summed E-state index contributed by atoms with van der Waals surface area (Å²) in [6.45, 7) is 22.0. The van der Waals surface area contributed by atoms with Crippen LogP contribution in [0.15, 0.2) is 12.3 Å². The fourth-order valence-electron chi connectivity index (χ4n) is 3.38. The number of rotatable bonds is 27. The number of carbonyl (C=O) groups excluding carboxylic acids is 1. The molecule has 0 heterocycles. The molecule has 0 unspecified atom stereocenters. The van der Waals surface area contributed by atoms with Crippen LogP contribution in [0.4, 0.5) is 0 Å². The minimum absolute atomic E-state index is 0.0533. The molecule has 35 heavy (non-hydrogen) atoms. The van der Waals surface area contributed by atoms with Crippen molar-refractivity contribution >= 4 is 5.97 Å². The van der Waals surface area contributed by atoms with Crippen LogP contribution in [0, 0.1) is 11.8 Å². The summed E-state index contributed by atoms with van der Waals surface area (Å²) in [5.41, 5.74) is 0. The van der Waals surface area contributed by atoms with Gasteiger partial charge in [-0.05, 0) is 69.9 Å². The highest BCUT2D eigenvalue weighted by Crippen LogP contribution is 2.09. The molecule has 0 aliphatic carbocycles. The van der Waals surface area contributed by atoms with Crippen molar-refractivity contribution in [1.82, 2.24) is 21.3 Å². The Hall–Kier alpha value is -1.15. The van der Waals surface area contributed by atoms with E-state index in [-0.39, 0.29) is 5.97 Å². The molecule has 0 aromatic carbocycles. The third kappa shape index (κ3) is 29.0. The van der Waals surface area contributed by atoms with Crippen molar-refractivity contribution in [3.05, 3.63) is 12.3 Å². The zero-order valence-electron chi connectivity index (χ0n) is 23.5. The topological polar surface area (TPSA) is 83.7 Å². The van der Waals surface area contributed by atoms with Gasteiger partial charge in [0.05, 0.1) is 19.0 Å². The van der Waals surface area contributed by atoms with Crippen LogP contribution in [0.3, 0.4) is 0 Å². The van der Waals surface area contributed by atoms with Crippen LogP contribution in [0.1, 0.15) is 85.5 Å². The van der Waals surface area contributed by atoms with Gasteiger partial charge in [0.25, 0.3) is 0 Å². The van der Waals surface area contributed by atoms with Crippen LogP contribution in [-0.4, -0.2) is 71.5 Å². The predicted octanol–water partition coefficient (Wildman–Crippen LogP) is 4.24. The van der Waals surface area contributed by atoms with Gasteiger partial charge in [-0.3, -0.25) is 4.79 Å². The Morgan fingerprint density at radius 2 is 1.09 bits per heavy atom. The van der Waals surface area contributed by atoms with Crippen LogP contribution in [0.25, 0.3) is 0 Å². The lowest BCUT2D eigenvalue weighted by Crippen LogP contribution is -2.35. The molecule has 0 saturated heterocycles. The number of ether oxygens (including phenoxy) is 2. The second-order valence-corrected chi connectivity index (χ2v) is 10.2. The summed E-state index contributed by atoms with van der Waals surface area (Å²) in [7, 11) is 0. The number of hydrogen-bond donors (Lipinski definition) is 4. The standard InChI is InChI=1S/C28H58N4O3/c1-25(2)11-10-23-35-28(33)13-7-9-16-30-18-20-32-22-21-31-19-17-29-15-8-6-12-27(5)34-24-14-26(3)4/h25-26,29-32H,5-24H2,1-4H3. The summed E-state index contributed by atoms with van der Waals surface area (Å²) in [5, 5.41) is 13.8. The lowest BCUT2D eigenvalue weighted by molar-refractivity contribution is -0.143. The second-order valence-electron chi connectivity index (χ2n) is 10.2. The Morgan fingerprint density at radius 3 is 1.60 bits per heavy atom. The van der Waals surface area contributed by atoms with Gasteiger partial charge in [0.15, 0.2) is 0 Å². The van der Waals surface area contributed by atoms with Crippen molar-refractivity contribution in [2.75, 3.05) is 65.6 Å². The fraction of sp³-hybridized carbons (Fsp3) is 0.893. The smallest absolute Gasteiger partial charge is 0.305 e. The molecule has 0 fully saturated rings. The monoisotopic (exact) mass is 498 g/mol. The minimum Gasteiger partial charge on any atom is -0.499 e. The second kappa shape index (κ2) is 25.9. The van der Waals surface area contributed by atoms with Crippen molar-refractivity contribution < 1.29 is 14.3 Å². The van der Waals surface area contributed by atoms with E-state index in [2.05, 4.69) is 55.5 Å². The quantitative estimate of drug-likeness (QED) is 0.0766. The van der Waals surface area contributed by atoms with Gasteiger partial charge in [-0.1, -0.05) is 34.3 Å². The first-order chi connectivity index (χ1) is 16.9. The summed E-state index contributed by atoms with van der Waals surface area (Å²) in [5.74, 6) is 2.23. The van der Waals surface area contributed by atoms with Crippen LogP contribution in [0.5, 0.6) is 0 Å². The van der Waals surface area contributed by atoms with Gasteiger partial charge in [-0.15, -0.1) is 0 Å². The molecule has 0 rings (SSSR count). The molecular formula is C28H58N4O3. The van der Waals surface area contributed by atoms with Gasteiger partial charge in [-0.2, -0.15) is 0 Å². The molecule has 208 valence electrons. The molecule has 0 aromatic heterocycles. The maximum absolute atomic E-state index is 11.6. The van der Waals surface area contributed by atoms with E-state index in [0.717, 1.165) is 116 Å². The number of nitrogens with one attached hydrogen (secondary N) is 4. The van der Waals surface area contributed by atoms with Crippen molar-refractivity contribution in [1.29, 1.82) is 0 Å². The molecule has 7 heteroatoms. The lowest BCUT2D eigenvalue weighted by Gasteiger charge is -2.11. The van der Waals surface area contributed by atoms with Crippen molar-refractivity contribution in [3.63, 3.8) is 0 Å². The van der Waals surface area contributed by atoms with E-state index in [0.29, 0.717) is 24.9 Å². The molecule has 0 radical (unpaired) electrons. The number of hydrogen-bond acceptors (Lipinski definition) is 7. The van der Waals surface area contributed by atoms with Crippen LogP contribution >= 0.6 is 0 Å². The third-order valence-corrected chi connectivity index (χ3v) is 5.67. The molecule has 0 amide bonds. The highest BCUT2D eigenvalue weighted by molar-refractivity contribution is 5.69. The molecule has 4 N–H and O–H groups in total. The van der Waals surface area contributed by atoms with E-state index in [1.807, 2.05) is 0 Å². The van der Waals surface area contributed by atoms with Gasteiger partial charge in [0, 0.05) is 52.1 Å². The maximum Gasteiger partial charge on any atom is 0.305 e. The van der Waals surface area contributed by atoms with E-state index in [1.54, 1.807) is 0 Å². The Kier molecular flexibility index (Phi) is 25.1. The first-order valence-corrected chi connectivity index (χ1v) is 14.2. The van der Waals surface area contributed by atoms with E-state index in [1.165, 1.54) is 0 Å². The van der Waals surface area contributed by atoms with Crippen LogP contribution in [0.2, 0.25) is 0 Å². The molecule has 0 aromatic rings. The zero-order valence-corrected chi connectivity index (χ0v) is 23.5. The van der Waals surface area contributed by atoms with Crippen LogP contribution < -0.4 is 21.3 Å². The highest BCUT2D eigenvalue weighted by Gasteiger charge is 2.03. The molecular weight excluding hydrogens is 440 g/mol. The highest BCUT2D eigenvalue weighted by atomic mass is 16.5. The Morgan fingerprint density at radius 1 is 0.600 bits per heavy atom. The Balaban J connectivity index is 3.18. The predicted molar refractivity (Wildman–Crippen MR) is 149 cm³/mol. The zero-order chi connectivity index (χ0) is 26.0. The largest absolute Gasteiger partial charge is 0.499 e. The fourth-order valence-corrected chi connectivity index (χ4v) is 3.38. The average molecular weight is 499 g/mol. The van der Waals surface area contributed by atoms with Crippen molar-refractivity contribution in [2.24, 2.45) is 11.8 Å². The molecule has 0 bridgehead atoms. The number of allylic oxidation sites excluding steroid dienone is 1. The van der Waals surface area contributed by atoms with E-state index in [4.69, 9.17) is 9.47 Å². The summed E-state index contributed by atoms with van der Waals surface area (Å²) >= 11 is 0. The summed E-state index contributed by atoms with van der Waals surface area (Å²) in [6.07, 6.45) is 8.87. The van der Waals surface area contributed by atoms with Gasteiger partial charge < -0.3 is 30.7 Å². The molecule has 0 aliphatic rings. The normalized spacial score (nSPS) is 11.4. The summed E-state index contributed by atoms with van der Waals surface area (Å²) in [4.78, 5) is 11.6. The maximum atomic E-state index is 11.6. The summed E-state index contributed by atoms with van der Waals surface area (Å²) < 4.78 is 10.9. The number of esters is 1. The van der Waals surface area contributed by atoms with Gasteiger partial charge in [-0.25, -0.2) is 0 Å². The molecule has 0 saturated carbocycles. The van der Waals surface area contributed by atoms with E-state index < -0.39 is 0 Å². The first kappa shape index (κ1) is 33.8.